The molecule has 1 N–H and O–H groups in total. The molecule has 0 radical (unpaired) electrons. The smallest absolute Gasteiger partial charge is 0.256 e. The molecule has 1 amide bonds. The zero-order valence-corrected chi connectivity index (χ0v) is 18.4. The van der Waals surface area contributed by atoms with Crippen LogP contribution in [0.25, 0.3) is 11.0 Å². The number of carbonyl (C=O) groups is 1. The molecule has 0 saturated heterocycles. The zero-order valence-electron chi connectivity index (χ0n) is 17.6. The van der Waals surface area contributed by atoms with Crippen molar-refractivity contribution in [3.8, 4) is 11.6 Å². The standard InChI is InChI=1S/C22H26N4O3.ClH/c1-15(13-26(2)3)14-29-20-12-8-16-7-11-19(23-21(16)25-20)24-22(27)17-5-9-18(28-4)10-6-17;/h5-12,15H,13-14H2,1-4H3,(H,23,24,25,27);1H. The highest BCUT2D eigenvalue weighted by molar-refractivity contribution is 6.04. The van der Waals surface area contributed by atoms with Crippen LogP contribution in [-0.2, 0) is 0 Å². The summed E-state index contributed by atoms with van der Waals surface area (Å²) >= 11 is 0. The fourth-order valence-corrected chi connectivity index (χ4v) is 2.97. The Kier molecular flexibility index (Phi) is 8.38. The van der Waals surface area contributed by atoms with E-state index in [0.29, 0.717) is 41.2 Å². The second kappa shape index (κ2) is 10.8. The van der Waals surface area contributed by atoms with Crippen LogP contribution in [0.2, 0.25) is 0 Å². The van der Waals surface area contributed by atoms with Gasteiger partial charge in [0, 0.05) is 29.5 Å². The summed E-state index contributed by atoms with van der Waals surface area (Å²) in [5, 5.41) is 3.68. The van der Waals surface area contributed by atoms with Crippen LogP contribution in [0.5, 0.6) is 11.6 Å². The number of rotatable bonds is 8. The SMILES string of the molecule is COc1ccc(C(=O)Nc2ccc3ccc(OCC(C)CN(C)C)nc3n2)cc1.Cl. The number of hydrogen-bond donors (Lipinski definition) is 1. The molecule has 8 heteroatoms. The van der Waals surface area contributed by atoms with E-state index in [0.717, 1.165) is 11.9 Å². The van der Waals surface area contributed by atoms with Crippen LogP contribution >= 0.6 is 12.4 Å². The summed E-state index contributed by atoms with van der Waals surface area (Å²) in [6, 6.07) is 14.3. The van der Waals surface area contributed by atoms with Crippen LogP contribution < -0.4 is 14.8 Å². The number of aromatic nitrogens is 2. The van der Waals surface area contributed by atoms with Crippen LogP contribution in [-0.4, -0.2) is 55.1 Å². The molecule has 1 atom stereocenters. The molecule has 0 fully saturated rings. The number of pyridine rings is 2. The van der Waals surface area contributed by atoms with Gasteiger partial charge in [-0.2, -0.15) is 4.98 Å². The van der Waals surface area contributed by atoms with Crippen molar-refractivity contribution in [2.24, 2.45) is 5.92 Å². The van der Waals surface area contributed by atoms with Crippen LogP contribution in [0.15, 0.2) is 48.5 Å². The third kappa shape index (κ3) is 6.30. The molecule has 2 heterocycles. The van der Waals surface area contributed by atoms with Gasteiger partial charge in [-0.1, -0.05) is 6.92 Å². The molecule has 2 aromatic heterocycles. The maximum absolute atomic E-state index is 12.4. The van der Waals surface area contributed by atoms with E-state index in [1.807, 2.05) is 32.3 Å². The normalized spacial score (nSPS) is 11.6. The van der Waals surface area contributed by atoms with E-state index in [-0.39, 0.29) is 18.3 Å². The van der Waals surface area contributed by atoms with E-state index < -0.39 is 0 Å². The largest absolute Gasteiger partial charge is 0.497 e. The third-order valence-electron chi connectivity index (χ3n) is 4.31. The summed E-state index contributed by atoms with van der Waals surface area (Å²) in [5.41, 5.74) is 1.04. The number of amides is 1. The average Bonchev–Trinajstić information content (AvgIpc) is 2.71. The maximum atomic E-state index is 12.4. The van der Waals surface area contributed by atoms with Crippen molar-refractivity contribution >= 4 is 35.2 Å². The van der Waals surface area contributed by atoms with Gasteiger partial charge in [0.1, 0.15) is 11.6 Å². The van der Waals surface area contributed by atoms with Crippen LogP contribution in [0.4, 0.5) is 5.82 Å². The molecule has 3 aromatic rings. The number of nitrogens with one attached hydrogen (secondary N) is 1. The number of benzene rings is 1. The lowest BCUT2D eigenvalue weighted by molar-refractivity contribution is 0.102. The molecule has 0 spiro atoms. The minimum absolute atomic E-state index is 0. The number of carbonyl (C=O) groups excluding carboxylic acids is 1. The molecule has 0 aliphatic heterocycles. The van der Waals surface area contributed by atoms with Gasteiger partial charge < -0.3 is 19.7 Å². The Labute approximate surface area is 182 Å². The highest BCUT2D eigenvalue weighted by Gasteiger charge is 2.10. The van der Waals surface area contributed by atoms with E-state index in [9.17, 15) is 4.79 Å². The Morgan fingerprint density at radius 2 is 1.77 bits per heavy atom. The summed E-state index contributed by atoms with van der Waals surface area (Å²) in [6.07, 6.45) is 0. The summed E-state index contributed by atoms with van der Waals surface area (Å²) in [6.45, 7) is 3.64. The Morgan fingerprint density at radius 3 is 2.43 bits per heavy atom. The molecule has 7 nitrogen and oxygen atoms in total. The summed E-state index contributed by atoms with van der Waals surface area (Å²) in [4.78, 5) is 23.5. The predicted molar refractivity (Wildman–Crippen MR) is 121 cm³/mol. The Balaban J connectivity index is 0.00000320. The van der Waals surface area contributed by atoms with E-state index in [4.69, 9.17) is 9.47 Å². The molecular weight excluding hydrogens is 404 g/mol. The Bertz CT molecular complexity index is 980. The maximum Gasteiger partial charge on any atom is 0.256 e. The number of ether oxygens (including phenoxy) is 2. The third-order valence-corrected chi connectivity index (χ3v) is 4.31. The topological polar surface area (TPSA) is 76.6 Å². The van der Waals surface area contributed by atoms with Crippen molar-refractivity contribution in [2.75, 3.05) is 39.7 Å². The average molecular weight is 431 g/mol. The second-order valence-corrected chi connectivity index (χ2v) is 7.25. The van der Waals surface area contributed by atoms with E-state index in [1.165, 1.54) is 0 Å². The van der Waals surface area contributed by atoms with Crippen molar-refractivity contribution in [3.63, 3.8) is 0 Å². The van der Waals surface area contributed by atoms with Crippen molar-refractivity contribution in [1.82, 2.24) is 14.9 Å². The summed E-state index contributed by atoms with van der Waals surface area (Å²) in [5.74, 6) is 1.79. The minimum Gasteiger partial charge on any atom is -0.497 e. The van der Waals surface area contributed by atoms with Crippen molar-refractivity contribution in [1.29, 1.82) is 0 Å². The molecule has 0 saturated carbocycles. The van der Waals surface area contributed by atoms with Crippen molar-refractivity contribution in [2.45, 2.75) is 6.92 Å². The first-order valence-electron chi connectivity index (χ1n) is 9.45. The number of hydrogen-bond acceptors (Lipinski definition) is 6. The minimum atomic E-state index is -0.246. The quantitative estimate of drug-likeness (QED) is 0.584. The molecule has 1 unspecified atom stereocenters. The van der Waals surface area contributed by atoms with Gasteiger partial charge >= 0.3 is 0 Å². The highest BCUT2D eigenvalue weighted by Crippen LogP contribution is 2.19. The lowest BCUT2D eigenvalue weighted by Gasteiger charge is -2.17. The lowest BCUT2D eigenvalue weighted by atomic mass is 10.2. The number of halogens is 1. The molecule has 0 bridgehead atoms. The fraction of sp³-hybridized carbons (Fsp3) is 0.318. The Hall–Kier alpha value is -2.90. The number of nitrogens with zero attached hydrogens (tertiary/aromatic N) is 3. The first kappa shape index (κ1) is 23.4. The summed E-state index contributed by atoms with van der Waals surface area (Å²) < 4.78 is 10.9. The van der Waals surface area contributed by atoms with Gasteiger partial charge in [-0.25, -0.2) is 4.98 Å². The second-order valence-electron chi connectivity index (χ2n) is 7.25. The predicted octanol–water partition coefficient (Wildman–Crippen LogP) is 3.89. The fourth-order valence-electron chi connectivity index (χ4n) is 2.97. The Morgan fingerprint density at radius 1 is 1.07 bits per heavy atom. The monoisotopic (exact) mass is 430 g/mol. The molecule has 30 heavy (non-hydrogen) atoms. The van der Waals surface area contributed by atoms with E-state index in [1.54, 1.807) is 37.4 Å². The van der Waals surface area contributed by atoms with Gasteiger partial charge in [0.25, 0.3) is 5.91 Å². The first-order valence-corrected chi connectivity index (χ1v) is 9.45. The molecule has 160 valence electrons. The molecular formula is C22H27ClN4O3. The van der Waals surface area contributed by atoms with Crippen molar-refractivity contribution in [3.05, 3.63) is 54.1 Å². The highest BCUT2D eigenvalue weighted by atomic mass is 35.5. The number of methoxy groups -OCH3 is 1. The number of fused-ring (bicyclic) bond motifs is 1. The van der Waals surface area contributed by atoms with Gasteiger partial charge in [0.15, 0.2) is 5.65 Å². The van der Waals surface area contributed by atoms with Crippen LogP contribution in [0.1, 0.15) is 17.3 Å². The van der Waals surface area contributed by atoms with Gasteiger partial charge in [0.05, 0.1) is 13.7 Å². The molecule has 0 aliphatic rings. The molecule has 0 aliphatic carbocycles. The van der Waals surface area contributed by atoms with Crippen LogP contribution in [0, 0.1) is 5.92 Å². The van der Waals surface area contributed by atoms with E-state index in [2.05, 4.69) is 27.1 Å². The summed E-state index contributed by atoms with van der Waals surface area (Å²) in [7, 11) is 5.66. The van der Waals surface area contributed by atoms with Gasteiger partial charge in [-0.05, 0) is 56.6 Å². The molecule has 3 rings (SSSR count). The lowest BCUT2D eigenvalue weighted by Crippen LogP contribution is -2.24. The van der Waals surface area contributed by atoms with Gasteiger partial charge in [-0.15, -0.1) is 12.4 Å². The van der Waals surface area contributed by atoms with E-state index >= 15 is 0 Å². The van der Waals surface area contributed by atoms with Gasteiger partial charge in [0.2, 0.25) is 5.88 Å². The zero-order chi connectivity index (χ0) is 20.8. The number of anilines is 1. The van der Waals surface area contributed by atoms with Gasteiger partial charge in [-0.3, -0.25) is 4.79 Å². The molecule has 1 aromatic carbocycles. The van der Waals surface area contributed by atoms with Crippen LogP contribution in [0.3, 0.4) is 0 Å². The first-order chi connectivity index (χ1) is 13.9. The van der Waals surface area contributed by atoms with Crippen molar-refractivity contribution < 1.29 is 14.3 Å².